The lowest BCUT2D eigenvalue weighted by Gasteiger charge is -2.33. The molecule has 18 heavy (non-hydrogen) atoms. The molecule has 1 N–H and O–H groups in total. The molecule has 0 radical (unpaired) electrons. The Hall–Kier alpha value is -1.74. The van der Waals surface area contributed by atoms with Crippen LogP contribution in [0, 0.1) is 0 Å². The Morgan fingerprint density at radius 1 is 1.50 bits per heavy atom. The van der Waals surface area contributed by atoms with E-state index < -0.39 is 0 Å². The Kier molecular flexibility index (Phi) is 3.72. The fourth-order valence-corrected chi connectivity index (χ4v) is 2.54. The molecule has 2 rings (SSSR count). The predicted molar refractivity (Wildman–Crippen MR) is 73.1 cm³/mol. The topological polar surface area (TPSA) is 32.7 Å². The van der Waals surface area contributed by atoms with Crippen LogP contribution in [0.5, 0.6) is 11.5 Å². The molecule has 1 heterocycles. The van der Waals surface area contributed by atoms with E-state index in [0.717, 1.165) is 30.8 Å². The molecular formula is C15H19NO2. The average Bonchev–Trinajstić information content (AvgIpc) is 2.38. The SMILES string of the molecule is C=CCN1Cc2ccc(OC)c(O)c2[C@@H](C=C)C1. The zero-order chi connectivity index (χ0) is 13.1. The monoisotopic (exact) mass is 245 g/mol. The van der Waals surface area contributed by atoms with Crippen molar-refractivity contribution in [2.45, 2.75) is 12.5 Å². The predicted octanol–water partition coefficient (Wildman–Crippen LogP) is 2.67. The molecule has 1 aliphatic heterocycles. The van der Waals surface area contributed by atoms with Gasteiger partial charge in [-0.25, -0.2) is 0 Å². The van der Waals surface area contributed by atoms with Crippen molar-refractivity contribution < 1.29 is 9.84 Å². The Morgan fingerprint density at radius 3 is 2.89 bits per heavy atom. The van der Waals surface area contributed by atoms with Crippen molar-refractivity contribution in [1.29, 1.82) is 0 Å². The van der Waals surface area contributed by atoms with Crippen LogP contribution >= 0.6 is 0 Å². The molecule has 96 valence electrons. The summed E-state index contributed by atoms with van der Waals surface area (Å²) in [5.74, 6) is 0.903. The van der Waals surface area contributed by atoms with Crippen molar-refractivity contribution >= 4 is 0 Å². The number of rotatable bonds is 4. The van der Waals surface area contributed by atoms with E-state index in [2.05, 4.69) is 18.1 Å². The van der Waals surface area contributed by atoms with Crippen molar-refractivity contribution in [3.63, 3.8) is 0 Å². The second kappa shape index (κ2) is 5.27. The van der Waals surface area contributed by atoms with Crippen molar-refractivity contribution in [2.24, 2.45) is 0 Å². The van der Waals surface area contributed by atoms with Gasteiger partial charge >= 0.3 is 0 Å². The highest BCUT2D eigenvalue weighted by atomic mass is 16.5. The van der Waals surface area contributed by atoms with Gasteiger partial charge in [-0.15, -0.1) is 13.2 Å². The average molecular weight is 245 g/mol. The van der Waals surface area contributed by atoms with E-state index in [1.54, 1.807) is 7.11 Å². The summed E-state index contributed by atoms with van der Waals surface area (Å²) in [6.07, 6.45) is 3.78. The molecule has 1 aromatic carbocycles. The van der Waals surface area contributed by atoms with E-state index in [1.165, 1.54) is 0 Å². The lowest BCUT2D eigenvalue weighted by Crippen LogP contribution is -2.33. The van der Waals surface area contributed by atoms with Gasteiger partial charge in [-0.2, -0.15) is 0 Å². The minimum atomic E-state index is 0.129. The number of methoxy groups -OCH3 is 1. The smallest absolute Gasteiger partial charge is 0.161 e. The molecule has 0 aliphatic carbocycles. The minimum Gasteiger partial charge on any atom is -0.504 e. The number of aromatic hydroxyl groups is 1. The third-order valence-corrected chi connectivity index (χ3v) is 3.38. The molecule has 3 heteroatoms. The number of nitrogens with zero attached hydrogens (tertiary/aromatic N) is 1. The first-order valence-corrected chi connectivity index (χ1v) is 6.05. The van der Waals surface area contributed by atoms with Crippen molar-refractivity contribution in [3.8, 4) is 11.5 Å². The van der Waals surface area contributed by atoms with Crippen LogP contribution in [0.1, 0.15) is 17.0 Å². The highest BCUT2D eigenvalue weighted by Crippen LogP contribution is 2.40. The van der Waals surface area contributed by atoms with Gasteiger partial charge in [0.1, 0.15) is 0 Å². The Morgan fingerprint density at radius 2 is 2.28 bits per heavy atom. The van der Waals surface area contributed by atoms with Gasteiger partial charge in [0.15, 0.2) is 11.5 Å². The van der Waals surface area contributed by atoms with Crippen LogP contribution in [0.15, 0.2) is 37.4 Å². The summed E-state index contributed by atoms with van der Waals surface area (Å²) in [6.45, 7) is 10.2. The van der Waals surface area contributed by atoms with E-state index in [9.17, 15) is 5.11 Å². The lowest BCUT2D eigenvalue weighted by atomic mass is 9.88. The fraction of sp³-hybridized carbons (Fsp3) is 0.333. The Labute approximate surface area is 108 Å². The van der Waals surface area contributed by atoms with E-state index in [1.807, 2.05) is 24.3 Å². The van der Waals surface area contributed by atoms with Crippen molar-refractivity contribution in [1.82, 2.24) is 4.90 Å². The van der Waals surface area contributed by atoms with Crippen LogP contribution in [0.2, 0.25) is 0 Å². The maximum atomic E-state index is 10.2. The molecular weight excluding hydrogens is 226 g/mol. The van der Waals surface area contributed by atoms with Crippen LogP contribution in [0.4, 0.5) is 0 Å². The number of hydrogen-bond donors (Lipinski definition) is 1. The summed E-state index contributed by atoms with van der Waals surface area (Å²) in [7, 11) is 1.57. The number of benzene rings is 1. The van der Waals surface area contributed by atoms with Gasteiger partial charge < -0.3 is 9.84 Å². The Bertz CT molecular complexity index is 468. The standard InChI is InChI=1S/C15H19NO2/c1-4-8-16-9-11(5-2)14-12(10-16)6-7-13(18-3)15(14)17/h4-7,11,17H,1-2,8-10H2,3H3/t11-/m0/s1. The van der Waals surface area contributed by atoms with Gasteiger partial charge in [0.25, 0.3) is 0 Å². The second-order valence-electron chi connectivity index (χ2n) is 4.51. The van der Waals surface area contributed by atoms with Crippen LogP contribution < -0.4 is 4.74 Å². The maximum Gasteiger partial charge on any atom is 0.161 e. The van der Waals surface area contributed by atoms with Gasteiger partial charge in [0.05, 0.1) is 7.11 Å². The number of phenolic OH excluding ortho intramolecular Hbond substituents is 1. The molecule has 1 atom stereocenters. The number of hydrogen-bond acceptors (Lipinski definition) is 3. The minimum absolute atomic E-state index is 0.129. The zero-order valence-corrected chi connectivity index (χ0v) is 10.7. The molecule has 0 fully saturated rings. The van der Waals surface area contributed by atoms with Gasteiger partial charge in [0.2, 0.25) is 0 Å². The van der Waals surface area contributed by atoms with Crippen LogP contribution in [0.25, 0.3) is 0 Å². The van der Waals surface area contributed by atoms with E-state index in [4.69, 9.17) is 4.74 Å². The quantitative estimate of drug-likeness (QED) is 0.828. The van der Waals surface area contributed by atoms with Gasteiger partial charge in [-0.1, -0.05) is 18.2 Å². The van der Waals surface area contributed by atoms with Gasteiger partial charge in [-0.05, 0) is 11.6 Å². The first-order chi connectivity index (χ1) is 8.71. The molecule has 0 bridgehead atoms. The third kappa shape index (κ3) is 2.14. The molecule has 0 saturated heterocycles. The lowest BCUT2D eigenvalue weighted by molar-refractivity contribution is 0.263. The summed E-state index contributed by atoms with van der Waals surface area (Å²) < 4.78 is 5.16. The van der Waals surface area contributed by atoms with E-state index in [0.29, 0.717) is 5.75 Å². The first-order valence-electron chi connectivity index (χ1n) is 6.05. The maximum absolute atomic E-state index is 10.2. The van der Waals surface area contributed by atoms with Crippen LogP contribution in [0.3, 0.4) is 0 Å². The third-order valence-electron chi connectivity index (χ3n) is 3.38. The molecule has 3 nitrogen and oxygen atoms in total. The van der Waals surface area contributed by atoms with Crippen molar-refractivity contribution in [2.75, 3.05) is 20.2 Å². The summed E-state index contributed by atoms with van der Waals surface area (Å²) >= 11 is 0. The fourth-order valence-electron chi connectivity index (χ4n) is 2.54. The second-order valence-corrected chi connectivity index (χ2v) is 4.51. The molecule has 1 aromatic rings. The summed E-state index contributed by atoms with van der Waals surface area (Å²) in [6, 6.07) is 3.82. The highest BCUT2D eigenvalue weighted by molar-refractivity contribution is 5.53. The number of phenols is 1. The molecule has 1 aliphatic rings. The normalized spacial score (nSPS) is 19.1. The summed E-state index contributed by atoms with van der Waals surface area (Å²) in [5, 5.41) is 10.2. The number of ether oxygens (including phenoxy) is 1. The molecule has 0 aromatic heterocycles. The first kappa shape index (κ1) is 12.7. The van der Waals surface area contributed by atoms with Crippen molar-refractivity contribution in [3.05, 3.63) is 48.6 Å². The van der Waals surface area contributed by atoms with Gasteiger partial charge in [0, 0.05) is 31.1 Å². The van der Waals surface area contributed by atoms with E-state index >= 15 is 0 Å². The summed E-state index contributed by atoms with van der Waals surface area (Å²) in [4.78, 5) is 2.29. The zero-order valence-electron chi connectivity index (χ0n) is 10.7. The van der Waals surface area contributed by atoms with E-state index in [-0.39, 0.29) is 11.7 Å². The largest absolute Gasteiger partial charge is 0.504 e. The molecule has 0 amide bonds. The van der Waals surface area contributed by atoms with Gasteiger partial charge in [-0.3, -0.25) is 4.90 Å². The summed E-state index contributed by atoms with van der Waals surface area (Å²) in [5.41, 5.74) is 2.08. The van der Waals surface area contributed by atoms with Crippen LogP contribution in [-0.4, -0.2) is 30.2 Å². The molecule has 0 spiro atoms. The molecule has 0 saturated carbocycles. The Balaban J connectivity index is 2.44. The molecule has 0 unspecified atom stereocenters. The highest BCUT2D eigenvalue weighted by Gasteiger charge is 2.27. The van der Waals surface area contributed by atoms with Crippen LogP contribution in [-0.2, 0) is 6.54 Å². The number of fused-ring (bicyclic) bond motifs is 1.